The molecule has 0 amide bonds. The van der Waals surface area contributed by atoms with Crippen LogP contribution in [0.2, 0.25) is 0 Å². The molecule has 0 atom stereocenters. The first-order chi connectivity index (χ1) is 10.6. The van der Waals surface area contributed by atoms with E-state index >= 15 is 0 Å². The molecule has 0 saturated carbocycles. The second-order valence-electron chi connectivity index (χ2n) is 5.51. The number of hydrogen-bond acceptors (Lipinski definition) is 2. The molecule has 0 aromatic heterocycles. The van der Waals surface area contributed by atoms with Gasteiger partial charge in [-0.3, -0.25) is 0 Å². The SMILES string of the molecule is [2H]C([2H])([2H])c1cc(B2OC(C)(C)C(C)(C)O2)cc(Br)c1C([2H])([2H])[2H]. The Balaban J connectivity index is 2.58. The minimum atomic E-state index is -2.56. The maximum absolute atomic E-state index is 7.69. The van der Waals surface area contributed by atoms with E-state index in [1.54, 1.807) is 6.07 Å². The molecule has 18 heavy (non-hydrogen) atoms. The third kappa shape index (κ3) is 2.26. The normalized spacial score (nSPS) is 27.7. The van der Waals surface area contributed by atoms with Crippen LogP contribution in [-0.4, -0.2) is 18.3 Å². The van der Waals surface area contributed by atoms with Crippen molar-refractivity contribution in [2.45, 2.75) is 52.6 Å². The Labute approximate surface area is 127 Å². The molecule has 0 aliphatic carbocycles. The van der Waals surface area contributed by atoms with Gasteiger partial charge in [0.2, 0.25) is 0 Å². The fraction of sp³-hybridized carbons (Fsp3) is 0.571. The van der Waals surface area contributed by atoms with Crippen LogP contribution in [0.15, 0.2) is 16.6 Å². The average Bonchev–Trinajstić information content (AvgIpc) is 2.54. The van der Waals surface area contributed by atoms with Crippen molar-refractivity contribution in [3.05, 3.63) is 27.7 Å². The summed E-state index contributed by atoms with van der Waals surface area (Å²) in [6, 6.07) is 2.90. The number of halogens is 1. The summed E-state index contributed by atoms with van der Waals surface area (Å²) in [6.45, 7) is 2.46. The molecule has 4 heteroatoms. The maximum atomic E-state index is 7.69. The molecule has 1 aliphatic rings. The van der Waals surface area contributed by atoms with Crippen molar-refractivity contribution in [2.24, 2.45) is 0 Å². The van der Waals surface area contributed by atoms with E-state index in [2.05, 4.69) is 15.9 Å². The van der Waals surface area contributed by atoms with Gasteiger partial charge in [0, 0.05) is 12.7 Å². The molecule has 1 saturated heterocycles. The van der Waals surface area contributed by atoms with E-state index in [4.69, 9.17) is 17.5 Å². The van der Waals surface area contributed by atoms with Crippen molar-refractivity contribution in [2.75, 3.05) is 0 Å². The zero-order valence-corrected chi connectivity index (χ0v) is 12.5. The molecule has 1 aliphatic heterocycles. The van der Waals surface area contributed by atoms with Crippen LogP contribution in [0.4, 0.5) is 0 Å². The van der Waals surface area contributed by atoms with Crippen LogP contribution in [-0.2, 0) is 9.31 Å². The lowest BCUT2D eigenvalue weighted by Gasteiger charge is -2.32. The zero-order chi connectivity index (χ0) is 18.7. The summed E-state index contributed by atoms with van der Waals surface area (Å²) in [6.07, 6.45) is 0. The molecule has 1 aromatic carbocycles. The summed E-state index contributed by atoms with van der Waals surface area (Å²) >= 11 is 3.21. The number of rotatable bonds is 1. The van der Waals surface area contributed by atoms with Gasteiger partial charge in [0.1, 0.15) is 0 Å². The Bertz CT molecular complexity index is 638. The third-order valence-electron chi connectivity index (χ3n) is 3.64. The van der Waals surface area contributed by atoms with E-state index in [-0.39, 0.29) is 15.6 Å². The first-order valence-electron chi connectivity index (χ1n) is 8.76. The van der Waals surface area contributed by atoms with Gasteiger partial charge < -0.3 is 9.31 Å². The van der Waals surface area contributed by atoms with E-state index in [0.29, 0.717) is 5.46 Å². The molecule has 0 spiro atoms. The average molecular weight is 317 g/mol. The molecule has 0 N–H and O–H groups in total. The number of benzene rings is 1. The van der Waals surface area contributed by atoms with E-state index in [1.807, 2.05) is 27.7 Å². The highest BCUT2D eigenvalue weighted by molar-refractivity contribution is 9.10. The van der Waals surface area contributed by atoms with Gasteiger partial charge in [-0.2, -0.15) is 0 Å². The van der Waals surface area contributed by atoms with Gasteiger partial charge in [0.05, 0.1) is 11.2 Å². The van der Waals surface area contributed by atoms with Gasteiger partial charge in [0.25, 0.3) is 0 Å². The highest BCUT2D eigenvalue weighted by Crippen LogP contribution is 2.36. The van der Waals surface area contributed by atoms with Gasteiger partial charge >= 0.3 is 7.12 Å². The Morgan fingerprint density at radius 3 is 2.22 bits per heavy atom. The molecule has 0 bridgehead atoms. The minimum Gasteiger partial charge on any atom is -0.399 e. The fourth-order valence-electron chi connectivity index (χ4n) is 1.74. The molecule has 0 radical (unpaired) electrons. The lowest BCUT2D eigenvalue weighted by atomic mass is 9.78. The van der Waals surface area contributed by atoms with Gasteiger partial charge in [-0.15, -0.1) is 0 Å². The van der Waals surface area contributed by atoms with E-state index in [9.17, 15) is 0 Å². The summed E-state index contributed by atoms with van der Waals surface area (Å²) in [4.78, 5) is 0. The van der Waals surface area contributed by atoms with Crippen LogP contribution in [0, 0.1) is 13.7 Å². The van der Waals surface area contributed by atoms with Gasteiger partial charge in [-0.05, 0) is 64.1 Å². The fourth-order valence-corrected chi connectivity index (χ4v) is 2.22. The van der Waals surface area contributed by atoms with Crippen LogP contribution in [0.1, 0.15) is 47.0 Å². The Morgan fingerprint density at radius 1 is 1.11 bits per heavy atom. The summed E-state index contributed by atoms with van der Waals surface area (Å²) in [5, 5.41) is 0. The molecule has 98 valence electrons. The predicted octanol–water partition coefficient (Wildman–Crippen LogP) is 3.37. The molecule has 1 heterocycles. The largest absolute Gasteiger partial charge is 0.494 e. The summed E-state index contributed by atoms with van der Waals surface area (Å²) in [5.74, 6) is 0. The third-order valence-corrected chi connectivity index (χ3v) is 4.26. The van der Waals surface area contributed by atoms with Gasteiger partial charge in [-0.1, -0.05) is 22.0 Å². The molecule has 1 aromatic rings. The molecular formula is C14H20BBrO2. The summed E-state index contributed by atoms with van der Waals surface area (Å²) in [7, 11) is -0.766. The Kier molecular flexibility index (Phi) is 1.96. The number of aryl methyl sites for hydroxylation is 1. The van der Waals surface area contributed by atoms with E-state index in [0.717, 1.165) is 0 Å². The number of hydrogen-bond donors (Lipinski definition) is 0. The highest BCUT2D eigenvalue weighted by Gasteiger charge is 2.51. The monoisotopic (exact) mass is 316 g/mol. The van der Waals surface area contributed by atoms with Crippen molar-refractivity contribution >= 4 is 28.5 Å². The highest BCUT2D eigenvalue weighted by atomic mass is 79.9. The van der Waals surface area contributed by atoms with Crippen LogP contribution in [0.3, 0.4) is 0 Å². The van der Waals surface area contributed by atoms with Crippen LogP contribution in [0.25, 0.3) is 0 Å². The van der Waals surface area contributed by atoms with Gasteiger partial charge in [0.15, 0.2) is 0 Å². The molecule has 2 rings (SSSR count). The lowest BCUT2D eigenvalue weighted by molar-refractivity contribution is 0.00578. The standard InChI is InChI=1S/C14H20BBrO2/c1-9-7-11(8-12(16)10(9)2)15-17-13(3,4)14(5,6)18-15/h7-8H,1-6H3/i1D3,2D3. The van der Waals surface area contributed by atoms with Crippen molar-refractivity contribution in [3.63, 3.8) is 0 Å². The second kappa shape index (κ2) is 4.36. The second-order valence-corrected chi connectivity index (χ2v) is 6.37. The molecule has 1 fully saturated rings. The Morgan fingerprint density at radius 2 is 1.72 bits per heavy atom. The smallest absolute Gasteiger partial charge is 0.399 e. The van der Waals surface area contributed by atoms with Crippen molar-refractivity contribution < 1.29 is 17.5 Å². The van der Waals surface area contributed by atoms with Crippen LogP contribution >= 0.6 is 15.9 Å². The Hall–Kier alpha value is -0.315. The topological polar surface area (TPSA) is 18.5 Å². The first kappa shape index (κ1) is 8.08. The summed E-state index contributed by atoms with van der Waals surface area (Å²) in [5.41, 5.74) is -1.11. The van der Waals surface area contributed by atoms with E-state index < -0.39 is 32.0 Å². The van der Waals surface area contributed by atoms with Crippen molar-refractivity contribution in [1.29, 1.82) is 0 Å². The van der Waals surface area contributed by atoms with Crippen molar-refractivity contribution in [1.82, 2.24) is 0 Å². The van der Waals surface area contributed by atoms with Crippen LogP contribution in [0.5, 0.6) is 0 Å². The molecular weight excluding hydrogens is 291 g/mol. The predicted molar refractivity (Wildman–Crippen MR) is 79.3 cm³/mol. The van der Waals surface area contributed by atoms with Crippen molar-refractivity contribution in [3.8, 4) is 0 Å². The lowest BCUT2D eigenvalue weighted by Crippen LogP contribution is -2.41. The van der Waals surface area contributed by atoms with Crippen LogP contribution < -0.4 is 5.46 Å². The molecule has 0 unspecified atom stereocenters. The van der Waals surface area contributed by atoms with E-state index in [1.165, 1.54) is 6.07 Å². The van der Waals surface area contributed by atoms with Gasteiger partial charge in [-0.25, -0.2) is 0 Å². The molecule has 2 nitrogen and oxygen atoms in total. The minimum absolute atomic E-state index is 0.206. The zero-order valence-electron chi connectivity index (χ0n) is 16.9. The summed E-state index contributed by atoms with van der Waals surface area (Å²) < 4.78 is 58.0. The first-order valence-corrected chi connectivity index (χ1v) is 6.56. The maximum Gasteiger partial charge on any atom is 0.494 e. The quantitative estimate of drug-likeness (QED) is 0.740.